The molecule has 0 bridgehead atoms. The Labute approximate surface area is 161 Å². The lowest BCUT2D eigenvalue weighted by Gasteiger charge is -2.33. The van der Waals surface area contributed by atoms with E-state index in [4.69, 9.17) is 4.74 Å². The van der Waals surface area contributed by atoms with E-state index in [-0.39, 0.29) is 5.91 Å². The van der Waals surface area contributed by atoms with Crippen LogP contribution in [0.25, 0.3) is 22.1 Å². The molecule has 8 heteroatoms. The molecule has 1 saturated heterocycles. The number of H-pyrrole nitrogens is 1. The summed E-state index contributed by atoms with van der Waals surface area (Å²) in [6, 6.07) is 6.14. The van der Waals surface area contributed by atoms with Crippen molar-refractivity contribution in [3.8, 4) is 5.75 Å². The molecule has 1 aliphatic heterocycles. The highest BCUT2D eigenvalue weighted by Crippen LogP contribution is 2.27. The summed E-state index contributed by atoms with van der Waals surface area (Å²) in [4.78, 5) is 22.3. The third-order valence-electron chi connectivity index (χ3n) is 4.93. The molecule has 2 aromatic heterocycles. The number of nitrogens with one attached hydrogen (secondary N) is 1. The van der Waals surface area contributed by atoms with Crippen molar-refractivity contribution in [2.45, 2.75) is 44.3 Å². The Balaban J connectivity index is 1.51. The van der Waals surface area contributed by atoms with Crippen molar-refractivity contribution in [2.24, 2.45) is 0 Å². The van der Waals surface area contributed by atoms with Gasteiger partial charge in [0, 0.05) is 23.5 Å². The van der Waals surface area contributed by atoms with Crippen molar-refractivity contribution in [3.63, 3.8) is 0 Å². The van der Waals surface area contributed by atoms with E-state index in [0.29, 0.717) is 34.7 Å². The van der Waals surface area contributed by atoms with Gasteiger partial charge >= 0.3 is 0 Å². The quantitative estimate of drug-likeness (QED) is 0.678. The zero-order valence-corrected chi connectivity index (χ0v) is 16.4. The van der Waals surface area contributed by atoms with Crippen molar-refractivity contribution in [1.82, 2.24) is 25.1 Å². The standard InChI is InChI=1S/C19H23N5O2S/c1-3-26-13-7-8-15-14(10-13)17-18(20-15)21-19(23-22-17)27-11-16(25)24-9-5-4-6-12(24)2/h7-8,10,12H,3-6,9,11H2,1-2H3,(H,20,21,23)/t12-/m0/s1. The summed E-state index contributed by atoms with van der Waals surface area (Å²) in [5.41, 5.74) is 2.33. The molecule has 0 unspecified atom stereocenters. The first kappa shape index (κ1) is 18.0. The van der Waals surface area contributed by atoms with E-state index >= 15 is 0 Å². The predicted octanol–water partition coefficient (Wildman–Crippen LogP) is 3.40. The van der Waals surface area contributed by atoms with Crippen LogP contribution in [0.2, 0.25) is 0 Å². The second-order valence-corrected chi connectivity index (χ2v) is 7.72. The van der Waals surface area contributed by atoms with Crippen molar-refractivity contribution in [2.75, 3.05) is 18.9 Å². The number of ether oxygens (including phenoxy) is 1. The molecule has 1 aromatic carbocycles. The molecule has 1 atom stereocenters. The first-order valence-electron chi connectivity index (χ1n) is 9.37. The van der Waals surface area contributed by atoms with Gasteiger partial charge in [0.25, 0.3) is 0 Å². The van der Waals surface area contributed by atoms with Gasteiger partial charge < -0.3 is 14.6 Å². The van der Waals surface area contributed by atoms with Crippen molar-refractivity contribution in [3.05, 3.63) is 18.2 Å². The van der Waals surface area contributed by atoms with Crippen molar-refractivity contribution in [1.29, 1.82) is 0 Å². The molecule has 0 saturated carbocycles. The van der Waals surface area contributed by atoms with Crippen LogP contribution in [0.15, 0.2) is 23.4 Å². The van der Waals surface area contributed by atoms with Crippen LogP contribution in [0.4, 0.5) is 0 Å². The molecule has 0 aliphatic carbocycles. The van der Waals surface area contributed by atoms with Crippen LogP contribution in [-0.4, -0.2) is 55.9 Å². The summed E-state index contributed by atoms with van der Waals surface area (Å²) < 4.78 is 5.56. The lowest BCUT2D eigenvalue weighted by atomic mass is 10.0. The third kappa shape index (κ3) is 3.71. The number of carbonyl (C=O) groups excluding carboxylic acids is 1. The molecule has 27 heavy (non-hydrogen) atoms. The van der Waals surface area contributed by atoms with Crippen LogP contribution in [0, 0.1) is 0 Å². The lowest BCUT2D eigenvalue weighted by Crippen LogP contribution is -2.42. The van der Waals surface area contributed by atoms with Crippen LogP contribution in [0.5, 0.6) is 5.75 Å². The SMILES string of the molecule is CCOc1ccc2[nH]c3nc(SCC(=O)N4CCCC[C@@H]4C)nnc3c2c1. The zero-order chi connectivity index (χ0) is 18.8. The fraction of sp³-hybridized carbons (Fsp3) is 0.474. The number of fused-ring (bicyclic) bond motifs is 3. The van der Waals surface area contributed by atoms with Crippen molar-refractivity contribution < 1.29 is 9.53 Å². The van der Waals surface area contributed by atoms with Gasteiger partial charge in [-0.3, -0.25) is 4.79 Å². The molecule has 0 radical (unpaired) electrons. The number of benzene rings is 1. The first-order valence-corrected chi connectivity index (χ1v) is 10.4. The summed E-state index contributed by atoms with van der Waals surface area (Å²) >= 11 is 1.34. The fourth-order valence-electron chi connectivity index (χ4n) is 3.53. The summed E-state index contributed by atoms with van der Waals surface area (Å²) in [5, 5.41) is 9.99. The average molecular weight is 385 g/mol. The molecule has 3 heterocycles. The number of rotatable bonds is 5. The van der Waals surface area contributed by atoms with Gasteiger partial charge in [-0.1, -0.05) is 11.8 Å². The molecule has 1 fully saturated rings. The number of nitrogens with zero attached hydrogens (tertiary/aromatic N) is 4. The van der Waals surface area contributed by atoms with Gasteiger partial charge in [-0.15, -0.1) is 10.2 Å². The average Bonchev–Trinajstić information content (AvgIpc) is 3.04. The normalized spacial score (nSPS) is 17.6. The van der Waals surface area contributed by atoms with Crippen LogP contribution in [-0.2, 0) is 4.79 Å². The van der Waals surface area contributed by atoms with Gasteiger partial charge in [0.05, 0.1) is 12.4 Å². The van der Waals surface area contributed by atoms with Gasteiger partial charge in [0.1, 0.15) is 11.3 Å². The number of hydrogen-bond donors (Lipinski definition) is 1. The minimum absolute atomic E-state index is 0.147. The van der Waals surface area contributed by atoms with E-state index in [1.54, 1.807) is 0 Å². The first-order chi connectivity index (χ1) is 13.2. The monoisotopic (exact) mass is 385 g/mol. The van der Waals surface area contributed by atoms with E-state index in [1.165, 1.54) is 18.2 Å². The Morgan fingerprint density at radius 3 is 3.07 bits per heavy atom. The lowest BCUT2D eigenvalue weighted by molar-refractivity contribution is -0.131. The third-order valence-corrected chi connectivity index (χ3v) is 5.75. The fourth-order valence-corrected chi connectivity index (χ4v) is 4.20. The Hall–Kier alpha value is -2.35. The maximum Gasteiger partial charge on any atom is 0.233 e. The maximum atomic E-state index is 12.5. The second kappa shape index (κ2) is 7.72. The van der Waals surface area contributed by atoms with Crippen LogP contribution in [0.3, 0.4) is 0 Å². The van der Waals surface area contributed by atoms with Crippen LogP contribution < -0.4 is 4.74 Å². The number of aromatic nitrogens is 4. The highest BCUT2D eigenvalue weighted by Gasteiger charge is 2.23. The van der Waals surface area contributed by atoms with Gasteiger partial charge in [-0.25, -0.2) is 4.98 Å². The predicted molar refractivity (Wildman–Crippen MR) is 106 cm³/mol. The van der Waals surface area contributed by atoms with E-state index < -0.39 is 0 Å². The minimum atomic E-state index is 0.147. The molecule has 1 N–H and O–H groups in total. The summed E-state index contributed by atoms with van der Waals surface area (Å²) in [6.45, 7) is 5.54. The summed E-state index contributed by atoms with van der Waals surface area (Å²) in [5.74, 6) is 1.29. The molecule has 7 nitrogen and oxygen atoms in total. The van der Waals surface area contributed by atoms with E-state index in [2.05, 4.69) is 27.1 Å². The summed E-state index contributed by atoms with van der Waals surface area (Å²) in [6.07, 6.45) is 3.37. The zero-order valence-electron chi connectivity index (χ0n) is 15.6. The van der Waals surface area contributed by atoms with E-state index in [9.17, 15) is 4.79 Å². The number of aromatic amines is 1. The Morgan fingerprint density at radius 2 is 2.26 bits per heavy atom. The van der Waals surface area contributed by atoms with E-state index in [1.807, 2.05) is 30.0 Å². The highest BCUT2D eigenvalue weighted by molar-refractivity contribution is 7.99. The van der Waals surface area contributed by atoms with Gasteiger partial charge in [-0.2, -0.15) is 0 Å². The van der Waals surface area contributed by atoms with Gasteiger partial charge in [0.2, 0.25) is 11.1 Å². The number of piperidine rings is 1. The Bertz CT molecular complexity index is 973. The molecule has 142 valence electrons. The molecule has 1 amide bonds. The minimum Gasteiger partial charge on any atom is -0.494 e. The molecular formula is C19H23N5O2S. The molecule has 1 aliphatic rings. The van der Waals surface area contributed by atoms with Crippen LogP contribution in [0.1, 0.15) is 33.1 Å². The maximum absolute atomic E-state index is 12.5. The summed E-state index contributed by atoms with van der Waals surface area (Å²) in [7, 11) is 0. The van der Waals surface area contributed by atoms with Gasteiger partial charge in [-0.05, 0) is 51.3 Å². The van der Waals surface area contributed by atoms with Gasteiger partial charge in [0.15, 0.2) is 5.65 Å². The molecule has 0 spiro atoms. The Kier molecular flexibility index (Phi) is 5.15. The molecule has 4 rings (SSSR count). The highest BCUT2D eigenvalue weighted by atomic mass is 32.2. The molecule has 3 aromatic rings. The van der Waals surface area contributed by atoms with E-state index in [0.717, 1.165) is 36.0 Å². The van der Waals surface area contributed by atoms with Crippen LogP contribution >= 0.6 is 11.8 Å². The largest absolute Gasteiger partial charge is 0.494 e. The number of thioether (sulfide) groups is 1. The number of carbonyl (C=O) groups is 1. The topological polar surface area (TPSA) is 84.0 Å². The Morgan fingerprint density at radius 1 is 1.37 bits per heavy atom. The smallest absolute Gasteiger partial charge is 0.233 e. The van der Waals surface area contributed by atoms with Crippen molar-refractivity contribution >= 4 is 39.7 Å². The number of likely N-dealkylation sites (tertiary alicyclic amines) is 1. The number of amides is 1. The number of hydrogen-bond acceptors (Lipinski definition) is 6. The molecular weight excluding hydrogens is 362 g/mol. The second-order valence-electron chi connectivity index (χ2n) is 6.78.